The van der Waals surface area contributed by atoms with Crippen molar-refractivity contribution in [2.45, 2.75) is 26.9 Å². The minimum absolute atomic E-state index is 0.0491. The number of ether oxygens (including phenoxy) is 1. The Labute approximate surface area is 165 Å². The SMILES string of the molecule is CC(=O)N1CCN(C(=O)c2ccc(Nc3ccc(OC(C)C)cc3)nc2)CC1. The molecule has 0 aliphatic carbocycles. The van der Waals surface area contributed by atoms with Crippen molar-refractivity contribution in [2.24, 2.45) is 0 Å². The number of aromatic nitrogens is 1. The first-order valence-electron chi connectivity index (χ1n) is 9.47. The molecule has 1 aromatic carbocycles. The van der Waals surface area contributed by atoms with Gasteiger partial charge in [0.15, 0.2) is 0 Å². The van der Waals surface area contributed by atoms with Crippen molar-refractivity contribution in [1.29, 1.82) is 0 Å². The number of hydrogen-bond acceptors (Lipinski definition) is 5. The maximum atomic E-state index is 12.6. The van der Waals surface area contributed by atoms with Crippen LogP contribution in [0.4, 0.5) is 11.5 Å². The summed E-state index contributed by atoms with van der Waals surface area (Å²) in [5, 5.41) is 3.21. The first-order chi connectivity index (χ1) is 13.4. The number of pyridine rings is 1. The van der Waals surface area contributed by atoms with Gasteiger partial charge in [0.25, 0.3) is 5.91 Å². The van der Waals surface area contributed by atoms with E-state index < -0.39 is 0 Å². The Morgan fingerprint density at radius 1 is 1.00 bits per heavy atom. The molecule has 7 heteroatoms. The molecule has 1 aromatic heterocycles. The van der Waals surface area contributed by atoms with Crippen LogP contribution in [0.3, 0.4) is 0 Å². The maximum absolute atomic E-state index is 12.6. The minimum Gasteiger partial charge on any atom is -0.491 e. The monoisotopic (exact) mass is 382 g/mol. The van der Waals surface area contributed by atoms with Crippen LogP contribution in [0, 0.1) is 0 Å². The molecule has 0 bridgehead atoms. The van der Waals surface area contributed by atoms with Crippen molar-refractivity contribution in [1.82, 2.24) is 14.8 Å². The summed E-state index contributed by atoms with van der Waals surface area (Å²) in [5.74, 6) is 1.47. The van der Waals surface area contributed by atoms with Gasteiger partial charge in [-0.15, -0.1) is 0 Å². The number of rotatable bonds is 5. The fourth-order valence-corrected chi connectivity index (χ4v) is 3.04. The molecule has 1 N–H and O–H groups in total. The molecule has 0 spiro atoms. The zero-order valence-electron chi connectivity index (χ0n) is 16.5. The van der Waals surface area contributed by atoms with Gasteiger partial charge in [-0.2, -0.15) is 0 Å². The smallest absolute Gasteiger partial charge is 0.255 e. The van der Waals surface area contributed by atoms with Crippen LogP contribution in [-0.2, 0) is 4.79 Å². The normalized spacial score (nSPS) is 14.1. The predicted molar refractivity (Wildman–Crippen MR) is 108 cm³/mol. The second-order valence-corrected chi connectivity index (χ2v) is 7.05. The molecule has 1 saturated heterocycles. The van der Waals surface area contributed by atoms with E-state index in [-0.39, 0.29) is 17.9 Å². The lowest BCUT2D eigenvalue weighted by molar-refractivity contribution is -0.130. The van der Waals surface area contributed by atoms with E-state index in [1.807, 2.05) is 38.1 Å². The molecule has 1 aliphatic heterocycles. The van der Waals surface area contributed by atoms with Crippen LogP contribution in [0.15, 0.2) is 42.6 Å². The van der Waals surface area contributed by atoms with Gasteiger partial charge >= 0.3 is 0 Å². The summed E-state index contributed by atoms with van der Waals surface area (Å²) in [7, 11) is 0. The molecular formula is C21H26N4O3. The summed E-state index contributed by atoms with van der Waals surface area (Å²) >= 11 is 0. The summed E-state index contributed by atoms with van der Waals surface area (Å²) < 4.78 is 5.63. The van der Waals surface area contributed by atoms with Crippen molar-refractivity contribution in [3.63, 3.8) is 0 Å². The highest BCUT2D eigenvalue weighted by Crippen LogP contribution is 2.20. The highest BCUT2D eigenvalue weighted by Gasteiger charge is 2.23. The summed E-state index contributed by atoms with van der Waals surface area (Å²) in [4.78, 5) is 31.9. The van der Waals surface area contributed by atoms with Crippen LogP contribution in [-0.4, -0.2) is 58.9 Å². The lowest BCUT2D eigenvalue weighted by Gasteiger charge is -2.34. The third kappa shape index (κ3) is 5.00. The van der Waals surface area contributed by atoms with Gasteiger partial charge in [-0.25, -0.2) is 4.98 Å². The van der Waals surface area contributed by atoms with Crippen LogP contribution < -0.4 is 10.1 Å². The molecule has 0 atom stereocenters. The van der Waals surface area contributed by atoms with Gasteiger partial charge in [0.2, 0.25) is 5.91 Å². The van der Waals surface area contributed by atoms with Crippen LogP contribution in [0.1, 0.15) is 31.1 Å². The number of amides is 2. The average molecular weight is 382 g/mol. The fourth-order valence-electron chi connectivity index (χ4n) is 3.04. The van der Waals surface area contributed by atoms with Crippen molar-refractivity contribution in [3.8, 4) is 5.75 Å². The topological polar surface area (TPSA) is 74.8 Å². The lowest BCUT2D eigenvalue weighted by Crippen LogP contribution is -2.50. The zero-order chi connectivity index (χ0) is 20.1. The van der Waals surface area contributed by atoms with Crippen molar-refractivity contribution in [3.05, 3.63) is 48.2 Å². The Bertz CT molecular complexity index is 811. The number of nitrogens with zero attached hydrogens (tertiary/aromatic N) is 3. The number of nitrogens with one attached hydrogen (secondary N) is 1. The molecule has 0 unspecified atom stereocenters. The number of carbonyl (C=O) groups excluding carboxylic acids is 2. The first kappa shape index (κ1) is 19.7. The van der Waals surface area contributed by atoms with Gasteiger partial charge in [0.05, 0.1) is 11.7 Å². The second-order valence-electron chi connectivity index (χ2n) is 7.05. The van der Waals surface area contributed by atoms with E-state index in [4.69, 9.17) is 4.74 Å². The molecule has 2 aromatic rings. The second kappa shape index (κ2) is 8.73. The highest BCUT2D eigenvalue weighted by atomic mass is 16.5. The molecule has 28 heavy (non-hydrogen) atoms. The Balaban J connectivity index is 1.57. The van der Waals surface area contributed by atoms with E-state index in [2.05, 4.69) is 10.3 Å². The van der Waals surface area contributed by atoms with Gasteiger partial charge in [-0.3, -0.25) is 9.59 Å². The Kier molecular flexibility index (Phi) is 6.13. The number of carbonyl (C=O) groups is 2. The Morgan fingerprint density at radius 3 is 2.18 bits per heavy atom. The van der Waals surface area contributed by atoms with Crippen LogP contribution >= 0.6 is 0 Å². The van der Waals surface area contributed by atoms with E-state index in [1.165, 1.54) is 0 Å². The van der Waals surface area contributed by atoms with Crippen molar-refractivity contribution in [2.75, 3.05) is 31.5 Å². The predicted octanol–water partition coefficient (Wildman–Crippen LogP) is 2.92. The number of benzene rings is 1. The Morgan fingerprint density at radius 2 is 1.64 bits per heavy atom. The van der Waals surface area contributed by atoms with E-state index in [0.717, 1.165) is 11.4 Å². The van der Waals surface area contributed by atoms with E-state index >= 15 is 0 Å². The van der Waals surface area contributed by atoms with E-state index in [9.17, 15) is 9.59 Å². The Hall–Kier alpha value is -3.09. The number of piperazine rings is 1. The summed E-state index contributed by atoms with van der Waals surface area (Å²) in [6, 6.07) is 11.2. The largest absolute Gasteiger partial charge is 0.491 e. The van der Waals surface area contributed by atoms with Gasteiger partial charge in [-0.1, -0.05) is 0 Å². The summed E-state index contributed by atoms with van der Waals surface area (Å²) in [5.41, 5.74) is 1.44. The minimum atomic E-state index is -0.0579. The summed E-state index contributed by atoms with van der Waals surface area (Å²) in [6.07, 6.45) is 1.72. The highest BCUT2D eigenvalue weighted by molar-refractivity contribution is 5.94. The molecule has 0 saturated carbocycles. The third-order valence-corrected chi connectivity index (χ3v) is 4.52. The third-order valence-electron chi connectivity index (χ3n) is 4.52. The van der Waals surface area contributed by atoms with Gasteiger partial charge in [0, 0.05) is 45.0 Å². The molecule has 0 radical (unpaired) electrons. The van der Waals surface area contributed by atoms with Gasteiger partial charge < -0.3 is 19.9 Å². The maximum Gasteiger partial charge on any atom is 0.255 e. The standard InChI is InChI=1S/C21H26N4O3/c1-15(2)28-19-7-5-18(6-8-19)23-20-9-4-17(14-22-20)21(27)25-12-10-24(11-13-25)16(3)26/h4-9,14-15H,10-13H2,1-3H3,(H,22,23). The first-order valence-corrected chi connectivity index (χ1v) is 9.47. The van der Waals surface area contributed by atoms with E-state index in [0.29, 0.717) is 37.6 Å². The number of anilines is 2. The lowest BCUT2D eigenvalue weighted by atomic mass is 10.2. The van der Waals surface area contributed by atoms with Gasteiger partial charge in [0.1, 0.15) is 11.6 Å². The number of hydrogen-bond donors (Lipinski definition) is 1. The molecular weight excluding hydrogens is 356 g/mol. The van der Waals surface area contributed by atoms with Crippen LogP contribution in [0.5, 0.6) is 5.75 Å². The molecule has 2 heterocycles. The van der Waals surface area contributed by atoms with Crippen molar-refractivity contribution < 1.29 is 14.3 Å². The quantitative estimate of drug-likeness (QED) is 0.861. The van der Waals surface area contributed by atoms with Crippen molar-refractivity contribution >= 4 is 23.3 Å². The molecule has 2 amide bonds. The molecule has 1 fully saturated rings. The van der Waals surface area contributed by atoms with Crippen LogP contribution in [0.2, 0.25) is 0 Å². The van der Waals surface area contributed by atoms with E-state index in [1.54, 1.807) is 35.1 Å². The molecule has 7 nitrogen and oxygen atoms in total. The average Bonchev–Trinajstić information content (AvgIpc) is 2.69. The van der Waals surface area contributed by atoms with Gasteiger partial charge in [-0.05, 0) is 50.2 Å². The molecule has 1 aliphatic rings. The summed E-state index contributed by atoms with van der Waals surface area (Å²) in [6.45, 7) is 7.77. The molecule has 3 rings (SSSR count). The zero-order valence-corrected chi connectivity index (χ0v) is 16.5. The van der Waals surface area contributed by atoms with Crippen LogP contribution in [0.25, 0.3) is 0 Å². The molecule has 148 valence electrons. The fraction of sp³-hybridized carbons (Fsp3) is 0.381.